The normalized spacial score (nSPS) is 11.9. The summed E-state index contributed by atoms with van der Waals surface area (Å²) in [6.07, 6.45) is 2.39. The molecule has 0 bridgehead atoms. The third-order valence-electron chi connectivity index (χ3n) is 6.56. The van der Waals surface area contributed by atoms with E-state index in [1.54, 1.807) is 12.1 Å². The fraction of sp³-hybridized carbons (Fsp3) is 0.290. The van der Waals surface area contributed by atoms with Gasteiger partial charge >= 0.3 is 259 Å². The number of nitro groups is 1. The van der Waals surface area contributed by atoms with E-state index in [-0.39, 0.29) is 40.1 Å². The molecule has 1 heterocycles. The molecular weight excluding hydrogens is 690 g/mol. The number of benzene rings is 3. The van der Waals surface area contributed by atoms with E-state index in [9.17, 15) is 32.2 Å². The van der Waals surface area contributed by atoms with Crippen molar-refractivity contribution in [2.75, 3.05) is 21.2 Å². The molecule has 4 aromatic rings. The molecule has 47 heavy (non-hydrogen) atoms. The van der Waals surface area contributed by atoms with E-state index in [0.29, 0.717) is 19.6 Å². The molecule has 1 atom stereocenters. The number of imidazole rings is 1. The standard InChI is InChI=1S/C31H35N4O6Se.BF4/c1-32(2)29(30(36)39-3)18-27-19-33(22-40-20-24-10-6-4-7-11-24)31(42-28-16-14-26(15-17-28)35(37)38)34(27)23-41-21-25-12-8-5-9-13-25;2-1(3,4)5/h4-17,19,29H,18,20-23H2,1-3H3;/q+1;-1/t29-;/m0./s1. The Morgan fingerprint density at radius 1 is 0.936 bits per heavy atom. The number of methoxy groups -OCH3 is 1. The van der Waals surface area contributed by atoms with Gasteiger partial charge in [0, 0.05) is 0 Å². The monoisotopic (exact) mass is 726 g/mol. The second kappa shape index (κ2) is 18.3. The van der Waals surface area contributed by atoms with Crippen molar-refractivity contribution in [1.82, 2.24) is 9.47 Å². The van der Waals surface area contributed by atoms with Crippen LogP contribution in [0.2, 0.25) is 0 Å². The molecule has 0 N–H and O–H groups in total. The molecule has 0 aliphatic carbocycles. The first-order chi connectivity index (χ1) is 22.4. The summed E-state index contributed by atoms with van der Waals surface area (Å²) in [4.78, 5) is 25.3. The van der Waals surface area contributed by atoms with Crippen LogP contribution in [-0.4, -0.2) is 69.8 Å². The fourth-order valence-electron chi connectivity index (χ4n) is 4.31. The number of halogens is 4. The van der Waals surface area contributed by atoms with Crippen molar-refractivity contribution in [3.8, 4) is 0 Å². The maximum absolute atomic E-state index is 12.7. The average molecular weight is 725 g/mol. The molecule has 3 aromatic carbocycles. The van der Waals surface area contributed by atoms with Crippen LogP contribution in [0.3, 0.4) is 0 Å². The van der Waals surface area contributed by atoms with E-state index in [4.69, 9.17) is 14.2 Å². The molecule has 0 unspecified atom stereocenters. The zero-order valence-corrected chi connectivity index (χ0v) is 27.7. The Morgan fingerprint density at radius 3 is 1.96 bits per heavy atom. The van der Waals surface area contributed by atoms with Gasteiger partial charge < -0.3 is 17.3 Å². The van der Waals surface area contributed by atoms with Crippen LogP contribution >= 0.6 is 0 Å². The maximum atomic E-state index is 12.7. The van der Waals surface area contributed by atoms with Gasteiger partial charge in [-0.1, -0.05) is 0 Å². The molecule has 0 spiro atoms. The number of carbonyl (C=O) groups is 1. The quantitative estimate of drug-likeness (QED) is 0.0461. The number of likely N-dealkylation sites (N-methyl/N-ethyl adjacent to an activating group) is 1. The number of non-ortho nitro benzene ring substituents is 1. The fourth-order valence-corrected chi connectivity index (χ4v) is 6.38. The largest absolute Gasteiger partial charge is 0.673 e. The third kappa shape index (κ3) is 12.9. The van der Waals surface area contributed by atoms with E-state index in [0.717, 1.165) is 26.0 Å². The minimum Gasteiger partial charge on any atom is -0.418 e. The summed E-state index contributed by atoms with van der Waals surface area (Å²) in [7, 11) is -0.916. The summed E-state index contributed by atoms with van der Waals surface area (Å²) >= 11 is -0.265. The Labute approximate surface area is 276 Å². The number of nitrogens with zero attached hydrogens (tertiary/aromatic N) is 4. The summed E-state index contributed by atoms with van der Waals surface area (Å²) in [5.41, 5.74) is 3.04. The maximum Gasteiger partial charge on any atom is 0.673 e. The van der Waals surface area contributed by atoms with Gasteiger partial charge in [0.25, 0.3) is 0 Å². The summed E-state index contributed by atoms with van der Waals surface area (Å²) in [5, 5.41) is 11.2. The molecule has 0 saturated heterocycles. The molecule has 252 valence electrons. The molecule has 1 aromatic heterocycles. The second-order valence-electron chi connectivity index (χ2n) is 10.3. The second-order valence-corrected chi connectivity index (χ2v) is 12.5. The number of hydrogen-bond donors (Lipinski definition) is 0. The molecule has 0 aliphatic heterocycles. The number of ether oxygens (including phenoxy) is 3. The van der Waals surface area contributed by atoms with Gasteiger partial charge in [-0.25, -0.2) is 0 Å². The van der Waals surface area contributed by atoms with Crippen molar-refractivity contribution < 1.29 is 45.8 Å². The van der Waals surface area contributed by atoms with Crippen molar-refractivity contribution in [1.29, 1.82) is 0 Å². The molecule has 16 heteroatoms. The van der Waals surface area contributed by atoms with Crippen molar-refractivity contribution >= 4 is 43.1 Å². The Balaban J connectivity index is 0.00000111. The molecule has 0 saturated carbocycles. The minimum absolute atomic E-state index is 0.0442. The molecule has 0 radical (unpaired) electrons. The van der Waals surface area contributed by atoms with Crippen LogP contribution in [0.15, 0.2) is 91.1 Å². The predicted molar refractivity (Wildman–Crippen MR) is 169 cm³/mol. The Morgan fingerprint density at radius 2 is 1.47 bits per heavy atom. The Hall–Kier alpha value is -4.08. The smallest absolute Gasteiger partial charge is 0.418 e. The number of rotatable bonds is 15. The van der Waals surface area contributed by atoms with Gasteiger partial charge in [-0.15, -0.1) is 0 Å². The summed E-state index contributed by atoms with van der Waals surface area (Å²) in [5.74, 6) is -0.327. The van der Waals surface area contributed by atoms with Crippen LogP contribution in [0.1, 0.15) is 16.8 Å². The molecular formula is C31H35BF4N4O6Se. The summed E-state index contributed by atoms with van der Waals surface area (Å²) < 4.78 is 62.4. The Bertz CT molecular complexity index is 1560. The van der Waals surface area contributed by atoms with Gasteiger partial charge in [-0.3, -0.25) is 0 Å². The first-order valence-corrected chi connectivity index (χ1v) is 16.0. The van der Waals surface area contributed by atoms with Gasteiger partial charge in [0.05, 0.1) is 0 Å². The first-order valence-electron chi connectivity index (χ1n) is 14.2. The average Bonchev–Trinajstić information content (AvgIpc) is 3.35. The van der Waals surface area contributed by atoms with E-state index in [2.05, 4.69) is 4.57 Å². The number of carbonyl (C=O) groups excluding carboxylic acids is 1. The summed E-state index contributed by atoms with van der Waals surface area (Å²) in [6.45, 7) is 1.39. The van der Waals surface area contributed by atoms with Crippen LogP contribution < -0.4 is 13.8 Å². The number of esters is 1. The Kier molecular flexibility index (Phi) is 14.6. The van der Waals surface area contributed by atoms with E-state index >= 15 is 0 Å². The SMILES string of the molecule is COC(=O)[C@H](Cc1c[n+](COCc2ccccc2)c([Se]c2ccc([N+](=O)[O-])cc2)n1COCc1ccccc1)N(C)C.F[B-](F)(F)F. The van der Waals surface area contributed by atoms with Crippen molar-refractivity contribution in [3.63, 3.8) is 0 Å². The van der Waals surface area contributed by atoms with Gasteiger partial charge in [-0.05, 0) is 0 Å². The minimum atomic E-state index is -6.00. The third-order valence-corrected chi connectivity index (χ3v) is 8.96. The number of nitro benzene ring substituents is 1. The van der Waals surface area contributed by atoms with Crippen molar-refractivity contribution in [3.05, 3.63) is 118 Å². The summed E-state index contributed by atoms with van der Waals surface area (Å²) in [6, 6.07) is 26.0. The number of hydrogen-bond acceptors (Lipinski definition) is 7. The van der Waals surface area contributed by atoms with Crippen LogP contribution in [0.4, 0.5) is 23.0 Å². The van der Waals surface area contributed by atoms with Crippen LogP contribution in [0.25, 0.3) is 0 Å². The van der Waals surface area contributed by atoms with Gasteiger partial charge in [0.1, 0.15) is 0 Å². The zero-order chi connectivity index (χ0) is 34.4. The van der Waals surface area contributed by atoms with Crippen LogP contribution in [0.5, 0.6) is 0 Å². The molecule has 10 nitrogen and oxygen atoms in total. The van der Waals surface area contributed by atoms with Gasteiger partial charge in [-0.2, -0.15) is 0 Å². The topological polar surface area (TPSA) is 99.9 Å². The van der Waals surface area contributed by atoms with E-state index < -0.39 is 18.2 Å². The van der Waals surface area contributed by atoms with Crippen LogP contribution in [-0.2, 0) is 52.1 Å². The number of aromatic nitrogens is 2. The van der Waals surface area contributed by atoms with Crippen LogP contribution in [0, 0.1) is 10.1 Å². The molecule has 4 rings (SSSR count). The van der Waals surface area contributed by atoms with E-state index in [1.807, 2.05) is 90.4 Å². The van der Waals surface area contributed by atoms with Crippen molar-refractivity contribution in [2.45, 2.75) is 39.1 Å². The molecule has 0 fully saturated rings. The van der Waals surface area contributed by atoms with E-state index in [1.165, 1.54) is 19.2 Å². The first kappa shape index (κ1) is 37.4. The van der Waals surface area contributed by atoms with Gasteiger partial charge in [0.15, 0.2) is 0 Å². The predicted octanol–water partition coefficient (Wildman–Crippen LogP) is 3.63. The van der Waals surface area contributed by atoms with Crippen molar-refractivity contribution in [2.24, 2.45) is 0 Å². The van der Waals surface area contributed by atoms with Gasteiger partial charge in [0.2, 0.25) is 0 Å². The molecule has 0 amide bonds. The molecule has 0 aliphatic rings. The zero-order valence-electron chi connectivity index (χ0n) is 26.0.